The fourth-order valence-electron chi connectivity index (χ4n) is 1.62. The minimum Gasteiger partial charge on any atom is -0.493 e. The lowest BCUT2D eigenvalue weighted by molar-refractivity contribution is -0.134. The van der Waals surface area contributed by atoms with Crippen LogP contribution >= 0.6 is 0 Å². The molecule has 1 heterocycles. The number of ether oxygens (including phenoxy) is 4. The number of methoxy groups -OCH3 is 2. The van der Waals surface area contributed by atoms with Gasteiger partial charge in [-0.1, -0.05) is 0 Å². The van der Waals surface area contributed by atoms with Crippen LogP contribution in [0.25, 0.3) is 6.08 Å². The highest BCUT2D eigenvalue weighted by atomic mass is 16.6. The molecular weight excluding hydrogens is 236 g/mol. The summed E-state index contributed by atoms with van der Waals surface area (Å²) in [4.78, 5) is 11.0. The van der Waals surface area contributed by atoms with Gasteiger partial charge in [0.2, 0.25) is 5.75 Å². The zero-order chi connectivity index (χ0) is 13.0. The number of esters is 1. The molecular formula is C13H14O5. The zero-order valence-corrected chi connectivity index (χ0v) is 10.3. The second-order valence-corrected chi connectivity index (χ2v) is 3.60. The molecule has 0 unspecified atom stereocenters. The molecule has 5 nitrogen and oxygen atoms in total. The van der Waals surface area contributed by atoms with E-state index in [1.165, 1.54) is 13.2 Å². The molecule has 0 N–H and O–H groups in total. The summed E-state index contributed by atoms with van der Waals surface area (Å²) in [6.07, 6.45) is 2.97. The Balaban J connectivity index is 2.32. The van der Waals surface area contributed by atoms with Gasteiger partial charge < -0.3 is 18.9 Å². The number of rotatable bonds is 3. The highest BCUT2D eigenvalue weighted by Gasteiger charge is 2.17. The first-order valence-corrected chi connectivity index (χ1v) is 5.48. The maximum absolute atomic E-state index is 11.0. The van der Waals surface area contributed by atoms with Gasteiger partial charge in [-0.05, 0) is 23.8 Å². The van der Waals surface area contributed by atoms with E-state index in [0.29, 0.717) is 30.5 Å². The van der Waals surface area contributed by atoms with Crippen molar-refractivity contribution in [2.24, 2.45) is 0 Å². The number of benzene rings is 1. The fourth-order valence-corrected chi connectivity index (χ4v) is 1.62. The van der Waals surface area contributed by atoms with E-state index in [1.807, 2.05) is 0 Å². The SMILES string of the molecule is COC(=O)/C=C/c1cc(OC)c2c(c1)OCCO2. The van der Waals surface area contributed by atoms with E-state index in [4.69, 9.17) is 14.2 Å². The first-order chi connectivity index (χ1) is 8.74. The average molecular weight is 250 g/mol. The first-order valence-electron chi connectivity index (χ1n) is 5.48. The summed E-state index contributed by atoms with van der Waals surface area (Å²) in [5, 5.41) is 0. The molecule has 1 aliphatic heterocycles. The first kappa shape index (κ1) is 12.3. The number of fused-ring (bicyclic) bond motifs is 1. The van der Waals surface area contributed by atoms with Crippen LogP contribution in [0.2, 0.25) is 0 Å². The lowest BCUT2D eigenvalue weighted by atomic mass is 10.1. The van der Waals surface area contributed by atoms with Crippen LogP contribution in [-0.2, 0) is 9.53 Å². The molecule has 18 heavy (non-hydrogen) atoms. The molecule has 5 heteroatoms. The van der Waals surface area contributed by atoms with Crippen molar-refractivity contribution >= 4 is 12.0 Å². The van der Waals surface area contributed by atoms with Crippen molar-refractivity contribution in [3.05, 3.63) is 23.8 Å². The zero-order valence-electron chi connectivity index (χ0n) is 10.3. The Morgan fingerprint density at radius 3 is 2.78 bits per heavy atom. The summed E-state index contributed by atoms with van der Waals surface area (Å²) in [5.41, 5.74) is 0.779. The summed E-state index contributed by atoms with van der Waals surface area (Å²) < 4.78 is 20.7. The predicted molar refractivity (Wildman–Crippen MR) is 65.0 cm³/mol. The quantitative estimate of drug-likeness (QED) is 0.603. The third kappa shape index (κ3) is 2.56. The second-order valence-electron chi connectivity index (χ2n) is 3.60. The largest absolute Gasteiger partial charge is 0.493 e. The van der Waals surface area contributed by atoms with Crippen LogP contribution in [0.3, 0.4) is 0 Å². The van der Waals surface area contributed by atoms with Gasteiger partial charge in [0.1, 0.15) is 13.2 Å². The van der Waals surface area contributed by atoms with Crippen LogP contribution in [0.4, 0.5) is 0 Å². The number of hydrogen-bond donors (Lipinski definition) is 0. The molecule has 0 spiro atoms. The Labute approximate surface area is 105 Å². The standard InChI is InChI=1S/C13H14O5/c1-15-10-7-9(3-4-12(14)16-2)8-11-13(10)18-6-5-17-11/h3-4,7-8H,5-6H2,1-2H3/b4-3+. The monoisotopic (exact) mass is 250 g/mol. The van der Waals surface area contributed by atoms with E-state index in [0.717, 1.165) is 5.56 Å². The van der Waals surface area contributed by atoms with E-state index >= 15 is 0 Å². The molecule has 0 radical (unpaired) electrons. The van der Waals surface area contributed by atoms with Crippen molar-refractivity contribution in [1.29, 1.82) is 0 Å². The van der Waals surface area contributed by atoms with Gasteiger partial charge in [0.05, 0.1) is 14.2 Å². The van der Waals surface area contributed by atoms with Gasteiger partial charge in [-0.2, -0.15) is 0 Å². The summed E-state index contributed by atoms with van der Waals surface area (Å²) in [5.74, 6) is 1.38. The molecule has 0 atom stereocenters. The minimum absolute atomic E-state index is 0.413. The lowest BCUT2D eigenvalue weighted by Crippen LogP contribution is -2.16. The molecule has 0 aromatic heterocycles. The Hall–Kier alpha value is -2.17. The molecule has 1 aliphatic rings. The molecule has 96 valence electrons. The van der Waals surface area contributed by atoms with Gasteiger partial charge in [-0.25, -0.2) is 4.79 Å². The number of carbonyl (C=O) groups excluding carboxylic acids is 1. The van der Waals surface area contributed by atoms with E-state index < -0.39 is 5.97 Å². The molecule has 0 bridgehead atoms. The maximum atomic E-state index is 11.0. The molecule has 0 fully saturated rings. The number of carbonyl (C=O) groups is 1. The summed E-state index contributed by atoms with van der Waals surface area (Å²) in [7, 11) is 2.89. The van der Waals surface area contributed by atoms with Crippen molar-refractivity contribution in [1.82, 2.24) is 0 Å². The normalized spacial score (nSPS) is 13.4. The lowest BCUT2D eigenvalue weighted by Gasteiger charge is -2.20. The maximum Gasteiger partial charge on any atom is 0.330 e. The van der Waals surface area contributed by atoms with Crippen molar-refractivity contribution < 1.29 is 23.7 Å². The van der Waals surface area contributed by atoms with E-state index in [2.05, 4.69) is 4.74 Å². The van der Waals surface area contributed by atoms with Crippen LogP contribution in [0.1, 0.15) is 5.56 Å². The van der Waals surface area contributed by atoms with Gasteiger partial charge in [0.15, 0.2) is 11.5 Å². The molecule has 0 saturated carbocycles. The topological polar surface area (TPSA) is 54.0 Å². The van der Waals surface area contributed by atoms with Gasteiger partial charge in [0.25, 0.3) is 0 Å². The summed E-state index contributed by atoms with van der Waals surface area (Å²) >= 11 is 0. The van der Waals surface area contributed by atoms with Crippen LogP contribution in [-0.4, -0.2) is 33.4 Å². The van der Waals surface area contributed by atoms with E-state index in [1.54, 1.807) is 25.3 Å². The Bertz CT molecular complexity index is 461. The van der Waals surface area contributed by atoms with Crippen LogP contribution < -0.4 is 14.2 Å². The third-order valence-electron chi connectivity index (χ3n) is 2.46. The second kappa shape index (κ2) is 5.44. The van der Waals surface area contributed by atoms with Gasteiger partial charge in [-0.15, -0.1) is 0 Å². The van der Waals surface area contributed by atoms with Gasteiger partial charge in [0, 0.05) is 6.08 Å². The molecule has 1 aromatic carbocycles. The Morgan fingerprint density at radius 2 is 2.06 bits per heavy atom. The number of hydrogen-bond acceptors (Lipinski definition) is 5. The van der Waals surface area contributed by atoms with Crippen molar-refractivity contribution in [2.75, 3.05) is 27.4 Å². The molecule has 0 amide bonds. The molecule has 2 rings (SSSR count). The third-order valence-corrected chi connectivity index (χ3v) is 2.46. The van der Waals surface area contributed by atoms with E-state index in [-0.39, 0.29) is 0 Å². The fraction of sp³-hybridized carbons (Fsp3) is 0.308. The van der Waals surface area contributed by atoms with Crippen molar-refractivity contribution in [2.45, 2.75) is 0 Å². The van der Waals surface area contributed by atoms with Crippen molar-refractivity contribution in [3.8, 4) is 17.2 Å². The average Bonchev–Trinajstić information content (AvgIpc) is 2.43. The summed E-state index contributed by atoms with van der Waals surface area (Å²) in [6, 6.07) is 3.56. The predicted octanol–water partition coefficient (Wildman–Crippen LogP) is 1.65. The minimum atomic E-state index is -0.413. The molecule has 0 aliphatic carbocycles. The van der Waals surface area contributed by atoms with Crippen LogP contribution in [0, 0.1) is 0 Å². The Morgan fingerprint density at radius 1 is 1.28 bits per heavy atom. The highest BCUT2D eigenvalue weighted by molar-refractivity contribution is 5.87. The van der Waals surface area contributed by atoms with E-state index in [9.17, 15) is 4.79 Å². The van der Waals surface area contributed by atoms with Crippen LogP contribution in [0.15, 0.2) is 18.2 Å². The summed E-state index contributed by atoms with van der Waals surface area (Å²) in [6.45, 7) is 1.00. The van der Waals surface area contributed by atoms with Gasteiger partial charge >= 0.3 is 5.97 Å². The Kier molecular flexibility index (Phi) is 3.72. The smallest absolute Gasteiger partial charge is 0.330 e. The molecule has 0 saturated heterocycles. The molecule has 1 aromatic rings. The van der Waals surface area contributed by atoms with Crippen LogP contribution in [0.5, 0.6) is 17.2 Å². The highest BCUT2D eigenvalue weighted by Crippen LogP contribution is 2.40. The van der Waals surface area contributed by atoms with Crippen molar-refractivity contribution in [3.63, 3.8) is 0 Å². The van der Waals surface area contributed by atoms with Gasteiger partial charge in [-0.3, -0.25) is 0 Å².